The van der Waals surface area contributed by atoms with E-state index < -0.39 is 0 Å². The maximum atomic E-state index is 12.6. The monoisotopic (exact) mass is 315 g/mol. The van der Waals surface area contributed by atoms with Crippen LogP contribution >= 0.6 is 0 Å². The largest absolute Gasteiger partial charge is 0.341 e. The van der Waals surface area contributed by atoms with Gasteiger partial charge in [-0.15, -0.1) is 0 Å². The smallest absolute Gasteiger partial charge is 0.253 e. The molecule has 23 heavy (non-hydrogen) atoms. The number of hydrogen-bond acceptors (Lipinski definition) is 3. The quantitative estimate of drug-likeness (QED) is 0.899. The molecule has 2 N–H and O–H groups in total. The molecule has 1 atom stereocenters. The third kappa shape index (κ3) is 3.72. The highest BCUT2D eigenvalue weighted by atomic mass is 16.2. The van der Waals surface area contributed by atoms with Crippen molar-refractivity contribution < 1.29 is 9.59 Å². The third-order valence-corrected chi connectivity index (χ3v) is 4.92. The number of hydrogen-bond donors (Lipinski definition) is 1. The molecule has 0 saturated carbocycles. The first kappa shape index (κ1) is 16.0. The predicted octanol–water partition coefficient (Wildman–Crippen LogP) is 1.49. The van der Waals surface area contributed by atoms with Crippen LogP contribution in [0.4, 0.5) is 0 Å². The minimum absolute atomic E-state index is 0.0418. The Balaban J connectivity index is 1.54. The fourth-order valence-corrected chi connectivity index (χ4v) is 3.56. The average molecular weight is 315 g/mol. The maximum Gasteiger partial charge on any atom is 0.253 e. The molecule has 5 heteroatoms. The summed E-state index contributed by atoms with van der Waals surface area (Å²) in [5.41, 5.74) is 6.69. The number of amides is 2. The lowest BCUT2D eigenvalue weighted by atomic mass is 9.93. The number of nitrogens with zero attached hydrogens (tertiary/aromatic N) is 2. The fourth-order valence-electron chi connectivity index (χ4n) is 3.56. The van der Waals surface area contributed by atoms with Gasteiger partial charge in [0, 0.05) is 43.7 Å². The van der Waals surface area contributed by atoms with Gasteiger partial charge >= 0.3 is 0 Å². The van der Waals surface area contributed by atoms with Crippen molar-refractivity contribution in [2.24, 2.45) is 11.7 Å². The number of carbonyl (C=O) groups is 2. The molecule has 0 radical (unpaired) electrons. The second-order valence-corrected chi connectivity index (χ2v) is 6.62. The zero-order chi connectivity index (χ0) is 16.2. The van der Waals surface area contributed by atoms with Gasteiger partial charge in [0.2, 0.25) is 5.91 Å². The first-order chi connectivity index (χ1) is 11.1. The van der Waals surface area contributed by atoms with Crippen LogP contribution in [0.5, 0.6) is 0 Å². The molecule has 1 aromatic rings. The van der Waals surface area contributed by atoms with E-state index in [1.807, 2.05) is 40.1 Å². The summed E-state index contributed by atoms with van der Waals surface area (Å²) < 4.78 is 0. The standard InChI is InChI=1S/C18H25N3O2/c19-16-7-4-10-21(13-16)18(23)15-8-11-20(12-9-15)17(22)14-5-2-1-3-6-14/h1-3,5-6,15-16H,4,7-13,19H2. The first-order valence-corrected chi connectivity index (χ1v) is 8.54. The molecule has 2 aliphatic heterocycles. The van der Waals surface area contributed by atoms with Crippen LogP contribution < -0.4 is 5.73 Å². The molecule has 0 aromatic heterocycles. The Morgan fingerprint density at radius 1 is 0.957 bits per heavy atom. The Bertz CT molecular complexity index is 553. The van der Waals surface area contributed by atoms with Crippen LogP contribution in [0.15, 0.2) is 30.3 Å². The second-order valence-electron chi connectivity index (χ2n) is 6.62. The van der Waals surface area contributed by atoms with E-state index in [9.17, 15) is 9.59 Å². The van der Waals surface area contributed by atoms with Gasteiger partial charge in [-0.2, -0.15) is 0 Å². The molecule has 1 unspecified atom stereocenters. The van der Waals surface area contributed by atoms with Gasteiger partial charge < -0.3 is 15.5 Å². The molecule has 5 nitrogen and oxygen atoms in total. The van der Waals surface area contributed by atoms with Crippen molar-refractivity contribution in [3.05, 3.63) is 35.9 Å². The molecule has 2 saturated heterocycles. The molecule has 0 spiro atoms. The lowest BCUT2D eigenvalue weighted by molar-refractivity contribution is -0.138. The molecule has 124 valence electrons. The van der Waals surface area contributed by atoms with E-state index in [1.54, 1.807) is 0 Å². The topological polar surface area (TPSA) is 66.6 Å². The van der Waals surface area contributed by atoms with Crippen LogP contribution in [0.2, 0.25) is 0 Å². The molecule has 0 bridgehead atoms. The number of rotatable bonds is 2. The van der Waals surface area contributed by atoms with Crippen LogP contribution in [0.1, 0.15) is 36.0 Å². The van der Waals surface area contributed by atoms with Crippen molar-refractivity contribution in [3.63, 3.8) is 0 Å². The molecule has 0 aliphatic carbocycles. The number of likely N-dealkylation sites (tertiary alicyclic amines) is 2. The van der Waals surface area contributed by atoms with Crippen LogP contribution in [0, 0.1) is 5.92 Å². The highest BCUT2D eigenvalue weighted by molar-refractivity contribution is 5.94. The summed E-state index contributed by atoms with van der Waals surface area (Å²) in [4.78, 5) is 28.8. The van der Waals surface area contributed by atoms with Crippen molar-refractivity contribution in [1.82, 2.24) is 9.80 Å². The van der Waals surface area contributed by atoms with Crippen molar-refractivity contribution in [3.8, 4) is 0 Å². The van der Waals surface area contributed by atoms with Gasteiger partial charge in [0.05, 0.1) is 0 Å². The number of piperidine rings is 2. The van der Waals surface area contributed by atoms with Crippen molar-refractivity contribution >= 4 is 11.8 Å². The summed E-state index contributed by atoms with van der Waals surface area (Å²) in [6.45, 7) is 2.83. The highest BCUT2D eigenvalue weighted by Crippen LogP contribution is 2.22. The van der Waals surface area contributed by atoms with E-state index in [-0.39, 0.29) is 23.8 Å². The van der Waals surface area contributed by atoms with E-state index in [0.29, 0.717) is 19.6 Å². The Morgan fingerprint density at radius 2 is 1.65 bits per heavy atom. The second kappa shape index (κ2) is 7.13. The zero-order valence-corrected chi connectivity index (χ0v) is 13.5. The van der Waals surface area contributed by atoms with Gasteiger partial charge in [0.1, 0.15) is 0 Å². The summed E-state index contributed by atoms with van der Waals surface area (Å²) >= 11 is 0. The molecular weight excluding hydrogens is 290 g/mol. The van der Waals surface area contributed by atoms with Crippen molar-refractivity contribution in [2.75, 3.05) is 26.2 Å². The van der Waals surface area contributed by atoms with E-state index in [4.69, 9.17) is 5.73 Å². The normalized spacial score (nSPS) is 22.9. The van der Waals surface area contributed by atoms with Gasteiger partial charge in [0.15, 0.2) is 0 Å². The lowest BCUT2D eigenvalue weighted by Gasteiger charge is -2.37. The van der Waals surface area contributed by atoms with Gasteiger partial charge in [-0.1, -0.05) is 18.2 Å². The van der Waals surface area contributed by atoms with E-state index in [0.717, 1.165) is 37.8 Å². The van der Waals surface area contributed by atoms with Crippen molar-refractivity contribution in [2.45, 2.75) is 31.7 Å². The number of benzene rings is 1. The summed E-state index contributed by atoms with van der Waals surface area (Å²) in [6.07, 6.45) is 3.51. The Labute approximate surface area is 137 Å². The lowest BCUT2D eigenvalue weighted by Crippen LogP contribution is -2.50. The summed E-state index contributed by atoms with van der Waals surface area (Å²) in [5, 5.41) is 0. The Hall–Kier alpha value is -1.88. The van der Waals surface area contributed by atoms with Gasteiger partial charge in [-0.25, -0.2) is 0 Å². The van der Waals surface area contributed by atoms with Gasteiger partial charge in [-0.3, -0.25) is 9.59 Å². The third-order valence-electron chi connectivity index (χ3n) is 4.92. The summed E-state index contributed by atoms with van der Waals surface area (Å²) in [7, 11) is 0. The van der Waals surface area contributed by atoms with Gasteiger partial charge in [-0.05, 0) is 37.8 Å². The van der Waals surface area contributed by atoms with E-state index in [1.165, 1.54) is 0 Å². The van der Waals surface area contributed by atoms with Crippen LogP contribution in [-0.2, 0) is 4.79 Å². The molecule has 3 rings (SSSR count). The minimum atomic E-state index is 0.0418. The molecule has 1 aromatic carbocycles. The zero-order valence-electron chi connectivity index (χ0n) is 13.5. The molecular formula is C18H25N3O2. The molecule has 2 amide bonds. The maximum absolute atomic E-state index is 12.6. The minimum Gasteiger partial charge on any atom is -0.341 e. The van der Waals surface area contributed by atoms with Crippen LogP contribution in [0.25, 0.3) is 0 Å². The SMILES string of the molecule is NC1CCCN(C(=O)C2CCN(C(=O)c3ccccc3)CC2)C1. The molecule has 2 fully saturated rings. The average Bonchev–Trinajstić information content (AvgIpc) is 2.61. The Kier molecular flexibility index (Phi) is 4.96. The van der Waals surface area contributed by atoms with Gasteiger partial charge in [0.25, 0.3) is 5.91 Å². The number of nitrogens with two attached hydrogens (primary N) is 1. The van der Waals surface area contributed by atoms with E-state index in [2.05, 4.69) is 0 Å². The summed E-state index contributed by atoms with van der Waals surface area (Å²) in [6, 6.07) is 9.47. The molecule has 2 heterocycles. The number of carbonyl (C=O) groups excluding carboxylic acids is 2. The fraction of sp³-hybridized carbons (Fsp3) is 0.556. The first-order valence-electron chi connectivity index (χ1n) is 8.54. The van der Waals surface area contributed by atoms with E-state index >= 15 is 0 Å². The predicted molar refractivity (Wildman–Crippen MR) is 88.9 cm³/mol. The molecule has 2 aliphatic rings. The van der Waals surface area contributed by atoms with Crippen LogP contribution in [0.3, 0.4) is 0 Å². The summed E-state index contributed by atoms with van der Waals surface area (Å²) in [5.74, 6) is 0.337. The Morgan fingerprint density at radius 3 is 2.30 bits per heavy atom. The highest BCUT2D eigenvalue weighted by Gasteiger charge is 2.32. The van der Waals surface area contributed by atoms with Crippen molar-refractivity contribution in [1.29, 1.82) is 0 Å². The van der Waals surface area contributed by atoms with Crippen LogP contribution in [-0.4, -0.2) is 53.8 Å².